The molecule has 5 heteroatoms. The van der Waals surface area contributed by atoms with Gasteiger partial charge in [0.1, 0.15) is 0 Å². The summed E-state index contributed by atoms with van der Waals surface area (Å²) in [5, 5.41) is 5.33. The molecule has 0 aliphatic carbocycles. The Balaban J connectivity index is 2.16. The van der Waals surface area contributed by atoms with Crippen LogP contribution in [0.1, 0.15) is 32.9 Å². The second-order valence-corrected chi connectivity index (χ2v) is 5.66. The van der Waals surface area contributed by atoms with E-state index in [1.807, 2.05) is 31.8 Å². The van der Waals surface area contributed by atoms with Crippen LogP contribution < -0.4 is 5.73 Å². The highest BCUT2D eigenvalue weighted by Gasteiger charge is 2.15. The van der Waals surface area contributed by atoms with Crippen LogP contribution in [0.5, 0.6) is 0 Å². The van der Waals surface area contributed by atoms with E-state index in [-0.39, 0.29) is 6.04 Å². The molecule has 0 bridgehead atoms. The molecule has 1 unspecified atom stereocenters. The third kappa shape index (κ3) is 2.40. The molecule has 0 saturated heterocycles. The molecule has 2 aromatic rings. The first-order valence-electron chi connectivity index (χ1n) is 5.66. The molecule has 2 rings (SSSR count). The lowest BCUT2D eigenvalue weighted by Gasteiger charge is -2.09. The van der Waals surface area contributed by atoms with Crippen molar-refractivity contribution >= 4 is 11.3 Å². The number of thiazole rings is 1. The summed E-state index contributed by atoms with van der Waals surface area (Å²) >= 11 is 1.73. The fraction of sp³-hybridized carbons (Fsp3) is 0.500. The van der Waals surface area contributed by atoms with Gasteiger partial charge in [-0.05, 0) is 20.8 Å². The highest BCUT2D eigenvalue weighted by Crippen LogP contribution is 2.23. The quantitative estimate of drug-likeness (QED) is 0.907. The van der Waals surface area contributed by atoms with Crippen molar-refractivity contribution < 1.29 is 0 Å². The lowest BCUT2D eigenvalue weighted by molar-refractivity contribution is 0.697. The van der Waals surface area contributed by atoms with Gasteiger partial charge in [-0.15, -0.1) is 11.3 Å². The van der Waals surface area contributed by atoms with Crippen LogP contribution in [0.3, 0.4) is 0 Å². The Hall–Kier alpha value is -1.20. The Bertz CT molecular complexity index is 507. The molecule has 0 aliphatic rings. The lowest BCUT2D eigenvalue weighted by Crippen LogP contribution is -2.14. The molecule has 92 valence electrons. The minimum atomic E-state index is -0.0198. The van der Waals surface area contributed by atoms with Crippen molar-refractivity contribution in [3.63, 3.8) is 0 Å². The van der Waals surface area contributed by atoms with Crippen LogP contribution >= 0.6 is 11.3 Å². The van der Waals surface area contributed by atoms with E-state index in [9.17, 15) is 0 Å². The molecule has 0 aliphatic heterocycles. The SMILES string of the molecule is Cc1nc(CC(N)c2cnn(C)c2C)sc1C. The molecular weight excluding hydrogens is 232 g/mol. The lowest BCUT2D eigenvalue weighted by atomic mass is 10.1. The van der Waals surface area contributed by atoms with Crippen LogP contribution in [0.2, 0.25) is 0 Å². The number of nitrogens with two attached hydrogens (primary N) is 1. The Morgan fingerprint density at radius 2 is 2.12 bits per heavy atom. The maximum atomic E-state index is 6.21. The number of hydrogen-bond donors (Lipinski definition) is 1. The van der Waals surface area contributed by atoms with Gasteiger partial charge in [-0.2, -0.15) is 5.10 Å². The van der Waals surface area contributed by atoms with Crippen molar-refractivity contribution in [2.45, 2.75) is 33.2 Å². The van der Waals surface area contributed by atoms with Gasteiger partial charge in [-0.3, -0.25) is 4.68 Å². The molecule has 0 aromatic carbocycles. The Kier molecular flexibility index (Phi) is 3.31. The molecule has 2 aromatic heterocycles. The number of aromatic nitrogens is 3. The van der Waals surface area contributed by atoms with E-state index in [0.29, 0.717) is 0 Å². The van der Waals surface area contributed by atoms with E-state index in [2.05, 4.69) is 17.0 Å². The predicted octanol–water partition coefficient (Wildman–Crippen LogP) is 2.04. The summed E-state index contributed by atoms with van der Waals surface area (Å²) in [5.74, 6) is 0. The van der Waals surface area contributed by atoms with Crippen molar-refractivity contribution in [3.05, 3.63) is 33.0 Å². The minimum Gasteiger partial charge on any atom is -0.323 e. The average Bonchev–Trinajstić information content (AvgIpc) is 2.73. The van der Waals surface area contributed by atoms with Gasteiger partial charge >= 0.3 is 0 Å². The Morgan fingerprint density at radius 1 is 1.41 bits per heavy atom. The third-order valence-electron chi connectivity index (χ3n) is 3.14. The number of rotatable bonds is 3. The summed E-state index contributed by atoms with van der Waals surface area (Å²) in [7, 11) is 1.93. The van der Waals surface area contributed by atoms with Crippen molar-refractivity contribution in [3.8, 4) is 0 Å². The van der Waals surface area contributed by atoms with Crippen LogP contribution in [0.25, 0.3) is 0 Å². The van der Waals surface area contributed by atoms with Gasteiger partial charge < -0.3 is 5.73 Å². The van der Waals surface area contributed by atoms with Crippen molar-refractivity contribution in [2.24, 2.45) is 12.8 Å². The van der Waals surface area contributed by atoms with Crippen LogP contribution in [-0.2, 0) is 13.5 Å². The zero-order valence-corrected chi connectivity index (χ0v) is 11.5. The van der Waals surface area contributed by atoms with E-state index in [1.54, 1.807) is 11.3 Å². The molecule has 17 heavy (non-hydrogen) atoms. The van der Waals surface area contributed by atoms with Gasteiger partial charge in [0.25, 0.3) is 0 Å². The van der Waals surface area contributed by atoms with E-state index in [4.69, 9.17) is 5.73 Å². The van der Waals surface area contributed by atoms with Gasteiger partial charge in [0.05, 0.1) is 16.9 Å². The van der Waals surface area contributed by atoms with E-state index in [0.717, 1.165) is 28.4 Å². The zero-order valence-electron chi connectivity index (χ0n) is 10.7. The second-order valence-electron chi connectivity index (χ2n) is 4.37. The molecule has 2 heterocycles. The summed E-state index contributed by atoms with van der Waals surface area (Å²) in [6.07, 6.45) is 2.64. The zero-order chi connectivity index (χ0) is 12.6. The number of nitrogens with zero attached hydrogens (tertiary/aromatic N) is 3. The first kappa shape index (κ1) is 12.3. The smallest absolute Gasteiger partial charge is 0.0949 e. The van der Waals surface area contributed by atoms with Gasteiger partial charge in [0, 0.05) is 35.6 Å². The van der Waals surface area contributed by atoms with Crippen LogP contribution in [-0.4, -0.2) is 14.8 Å². The molecule has 0 fully saturated rings. The highest BCUT2D eigenvalue weighted by atomic mass is 32.1. The Morgan fingerprint density at radius 3 is 2.59 bits per heavy atom. The van der Waals surface area contributed by atoms with Crippen LogP contribution in [0.15, 0.2) is 6.20 Å². The molecule has 0 amide bonds. The van der Waals surface area contributed by atoms with E-state index in [1.165, 1.54) is 4.88 Å². The first-order chi connectivity index (χ1) is 7.99. The van der Waals surface area contributed by atoms with Gasteiger partial charge in [0.15, 0.2) is 0 Å². The maximum Gasteiger partial charge on any atom is 0.0949 e. The predicted molar refractivity (Wildman–Crippen MR) is 70.2 cm³/mol. The number of aryl methyl sites for hydroxylation is 3. The summed E-state index contributed by atoms with van der Waals surface area (Å²) < 4.78 is 1.85. The van der Waals surface area contributed by atoms with Crippen LogP contribution in [0, 0.1) is 20.8 Å². The summed E-state index contributed by atoms with van der Waals surface area (Å²) in [6.45, 7) is 6.17. The van der Waals surface area contributed by atoms with Gasteiger partial charge in [-0.25, -0.2) is 4.98 Å². The largest absolute Gasteiger partial charge is 0.323 e. The van der Waals surface area contributed by atoms with Crippen molar-refractivity contribution in [1.29, 1.82) is 0 Å². The van der Waals surface area contributed by atoms with E-state index >= 15 is 0 Å². The first-order valence-corrected chi connectivity index (χ1v) is 6.47. The highest BCUT2D eigenvalue weighted by molar-refractivity contribution is 7.11. The standard InChI is InChI=1S/C12H18N4S/c1-7-9(3)17-12(15-7)5-11(13)10-6-14-16(4)8(10)2/h6,11H,5,13H2,1-4H3. The minimum absolute atomic E-state index is 0.0198. The van der Waals surface area contributed by atoms with Gasteiger partial charge in [0.2, 0.25) is 0 Å². The topological polar surface area (TPSA) is 56.7 Å². The molecule has 0 saturated carbocycles. The fourth-order valence-corrected chi connectivity index (χ4v) is 2.80. The Labute approximate surface area is 105 Å². The molecule has 2 N–H and O–H groups in total. The number of hydrogen-bond acceptors (Lipinski definition) is 4. The van der Waals surface area contributed by atoms with Crippen LogP contribution in [0.4, 0.5) is 0 Å². The van der Waals surface area contributed by atoms with Gasteiger partial charge in [-0.1, -0.05) is 0 Å². The summed E-state index contributed by atoms with van der Waals surface area (Å²) in [5.41, 5.74) is 9.56. The summed E-state index contributed by atoms with van der Waals surface area (Å²) in [4.78, 5) is 5.80. The average molecular weight is 250 g/mol. The molecule has 0 spiro atoms. The molecule has 4 nitrogen and oxygen atoms in total. The molecule has 0 radical (unpaired) electrons. The summed E-state index contributed by atoms with van der Waals surface area (Å²) in [6, 6.07) is -0.0198. The third-order valence-corrected chi connectivity index (χ3v) is 4.24. The maximum absolute atomic E-state index is 6.21. The normalized spacial score (nSPS) is 13.0. The molecular formula is C12H18N4S. The molecule has 1 atom stereocenters. The second kappa shape index (κ2) is 4.58. The monoisotopic (exact) mass is 250 g/mol. The van der Waals surface area contributed by atoms with Crippen molar-refractivity contribution in [1.82, 2.24) is 14.8 Å². The van der Waals surface area contributed by atoms with Crippen molar-refractivity contribution in [2.75, 3.05) is 0 Å². The fourth-order valence-electron chi connectivity index (χ4n) is 1.80. The van der Waals surface area contributed by atoms with E-state index < -0.39 is 0 Å².